The lowest BCUT2D eigenvalue weighted by atomic mass is 10.0. The van der Waals surface area contributed by atoms with Gasteiger partial charge in [-0.2, -0.15) is 5.26 Å². The van der Waals surface area contributed by atoms with Crippen LogP contribution in [0.25, 0.3) is 11.1 Å². The van der Waals surface area contributed by atoms with Crippen molar-refractivity contribution in [3.63, 3.8) is 0 Å². The van der Waals surface area contributed by atoms with Crippen LogP contribution >= 0.6 is 0 Å². The molecule has 0 bridgehead atoms. The Kier molecular flexibility index (Phi) is 8.95. The van der Waals surface area contributed by atoms with Gasteiger partial charge >= 0.3 is 25.7 Å². The molecule has 2 aromatic rings. The maximum Gasteiger partial charge on any atom is 0.314 e. The molecule has 0 aliphatic carbocycles. The standard InChI is InChI=1S/C24H41NO4Si5/c1-30(2,3)26-32(6,7)28-34(10,11)29-33(8,9)27-31(4,5)24-18-16-23(17-19-24)22-14-12-21(20-25)13-15-22/h12-19H,1-11H3. The Labute approximate surface area is 212 Å². The van der Waals surface area contributed by atoms with Gasteiger partial charge < -0.3 is 16.5 Å². The van der Waals surface area contributed by atoms with E-state index in [1.165, 1.54) is 5.19 Å². The zero-order valence-electron chi connectivity index (χ0n) is 22.7. The van der Waals surface area contributed by atoms with E-state index in [-0.39, 0.29) is 0 Å². The van der Waals surface area contributed by atoms with E-state index in [1.54, 1.807) is 0 Å². The van der Waals surface area contributed by atoms with Gasteiger partial charge in [0.2, 0.25) is 8.32 Å². The van der Waals surface area contributed by atoms with Crippen LogP contribution < -0.4 is 5.19 Å². The Bertz CT molecular complexity index is 1010. The van der Waals surface area contributed by atoms with E-state index in [1.807, 2.05) is 24.3 Å². The van der Waals surface area contributed by atoms with Crippen LogP contribution in [0.1, 0.15) is 5.56 Å². The van der Waals surface area contributed by atoms with Gasteiger partial charge in [0.25, 0.3) is 0 Å². The van der Waals surface area contributed by atoms with E-state index in [0.717, 1.165) is 11.1 Å². The normalized spacial score (nSPS) is 13.6. The highest BCUT2D eigenvalue weighted by molar-refractivity contribution is 6.93. The van der Waals surface area contributed by atoms with Gasteiger partial charge in [-0.15, -0.1) is 0 Å². The smallest absolute Gasteiger partial charge is 0.314 e. The predicted molar refractivity (Wildman–Crippen MR) is 154 cm³/mol. The number of nitriles is 1. The molecule has 0 amide bonds. The summed E-state index contributed by atoms with van der Waals surface area (Å²) in [5.41, 5.74) is 2.89. The lowest BCUT2D eigenvalue weighted by Crippen LogP contribution is -2.60. The summed E-state index contributed by atoms with van der Waals surface area (Å²) in [6, 6.07) is 18.4. The van der Waals surface area contributed by atoms with Crippen molar-refractivity contribution in [1.82, 2.24) is 0 Å². The minimum absolute atomic E-state index is 0.669. The fourth-order valence-electron chi connectivity index (χ4n) is 4.46. The molecule has 0 fully saturated rings. The lowest BCUT2D eigenvalue weighted by molar-refractivity contribution is 0.300. The lowest BCUT2D eigenvalue weighted by Gasteiger charge is -2.42. The summed E-state index contributed by atoms with van der Waals surface area (Å²) < 4.78 is 26.4. The number of hydrogen-bond donors (Lipinski definition) is 0. The summed E-state index contributed by atoms with van der Waals surface area (Å²) in [5.74, 6) is 0. The molecule has 0 aromatic heterocycles. The van der Waals surface area contributed by atoms with Crippen molar-refractivity contribution in [3.8, 4) is 17.2 Å². The molecule has 0 spiro atoms. The molecule has 186 valence electrons. The van der Waals surface area contributed by atoms with Crippen LogP contribution in [0.15, 0.2) is 48.5 Å². The number of benzene rings is 2. The van der Waals surface area contributed by atoms with Gasteiger partial charge in [-0.25, -0.2) is 0 Å². The van der Waals surface area contributed by atoms with Crippen molar-refractivity contribution in [2.24, 2.45) is 0 Å². The maximum atomic E-state index is 9.01. The molecule has 5 nitrogen and oxygen atoms in total. The maximum absolute atomic E-state index is 9.01. The Morgan fingerprint density at radius 3 is 1.32 bits per heavy atom. The third kappa shape index (κ3) is 9.14. The topological polar surface area (TPSA) is 60.7 Å². The second kappa shape index (κ2) is 10.5. The van der Waals surface area contributed by atoms with Crippen molar-refractivity contribution in [3.05, 3.63) is 54.1 Å². The molecular formula is C24H41NO4Si5. The summed E-state index contributed by atoms with van der Waals surface area (Å²) in [5, 5.41) is 10.2. The average Bonchev–Trinajstić information content (AvgIpc) is 2.63. The Morgan fingerprint density at radius 1 is 0.529 bits per heavy atom. The van der Waals surface area contributed by atoms with E-state index in [4.69, 9.17) is 21.7 Å². The van der Waals surface area contributed by atoms with E-state index in [2.05, 4.69) is 102 Å². The molecule has 0 unspecified atom stereocenters. The molecule has 2 rings (SSSR count). The van der Waals surface area contributed by atoms with Crippen molar-refractivity contribution < 1.29 is 16.5 Å². The number of nitrogens with zero attached hydrogens (tertiary/aromatic N) is 1. The van der Waals surface area contributed by atoms with Gasteiger partial charge in [0, 0.05) is 0 Å². The third-order valence-electron chi connectivity index (χ3n) is 4.96. The Balaban J connectivity index is 2.11. The Morgan fingerprint density at radius 2 is 0.912 bits per heavy atom. The van der Waals surface area contributed by atoms with Gasteiger partial charge in [0.05, 0.1) is 11.6 Å². The molecule has 34 heavy (non-hydrogen) atoms. The van der Waals surface area contributed by atoms with Gasteiger partial charge in [0.15, 0.2) is 8.32 Å². The first kappa shape index (κ1) is 29.1. The number of hydrogen-bond acceptors (Lipinski definition) is 5. The molecule has 0 atom stereocenters. The van der Waals surface area contributed by atoms with Gasteiger partial charge in [-0.3, -0.25) is 0 Å². The molecule has 0 N–H and O–H groups in total. The van der Waals surface area contributed by atoms with Crippen molar-refractivity contribution in [2.45, 2.75) is 72.0 Å². The van der Waals surface area contributed by atoms with Gasteiger partial charge in [0.1, 0.15) is 0 Å². The van der Waals surface area contributed by atoms with Crippen LogP contribution in [0, 0.1) is 11.3 Å². The van der Waals surface area contributed by atoms with Gasteiger partial charge in [-0.05, 0) is 100 Å². The zero-order valence-corrected chi connectivity index (χ0v) is 27.7. The predicted octanol–water partition coefficient (Wildman–Crippen LogP) is 6.64. The van der Waals surface area contributed by atoms with Crippen molar-refractivity contribution in [1.29, 1.82) is 5.26 Å². The molecule has 2 aromatic carbocycles. The first-order valence-electron chi connectivity index (χ1n) is 11.7. The summed E-state index contributed by atoms with van der Waals surface area (Å²) in [4.78, 5) is 0. The second-order valence-corrected chi connectivity index (χ2v) is 31.0. The van der Waals surface area contributed by atoms with E-state index >= 15 is 0 Å². The highest BCUT2D eigenvalue weighted by Crippen LogP contribution is 2.26. The van der Waals surface area contributed by atoms with Gasteiger partial charge in [-0.1, -0.05) is 36.4 Å². The van der Waals surface area contributed by atoms with Crippen LogP contribution in [0.4, 0.5) is 0 Å². The highest BCUT2D eigenvalue weighted by atomic mass is 28.5. The first-order valence-corrected chi connectivity index (χ1v) is 26.5. The fraction of sp³-hybridized carbons (Fsp3) is 0.458. The minimum Gasteiger partial charge on any atom is -0.437 e. The molecule has 0 aliphatic rings. The monoisotopic (exact) mass is 547 g/mol. The second-order valence-electron chi connectivity index (χ2n) is 11.5. The molecule has 0 saturated carbocycles. The minimum atomic E-state index is -2.46. The quantitative estimate of drug-likeness (QED) is 0.312. The third-order valence-corrected chi connectivity index (χ3v) is 23.0. The van der Waals surface area contributed by atoms with Crippen LogP contribution in [-0.4, -0.2) is 42.3 Å². The molecular weight excluding hydrogens is 507 g/mol. The fourth-order valence-corrected chi connectivity index (χ4v) is 27.8. The largest absolute Gasteiger partial charge is 0.437 e. The van der Waals surface area contributed by atoms with Crippen molar-refractivity contribution >= 4 is 47.5 Å². The average molecular weight is 548 g/mol. The molecule has 0 radical (unpaired) electrons. The molecule has 0 heterocycles. The SMILES string of the molecule is C[Si](C)(C)O[Si](C)(C)O[Si](C)(C)O[Si](C)(C)O[Si](C)(C)c1ccc(-c2ccc(C#N)cc2)cc1. The van der Waals surface area contributed by atoms with E-state index < -0.39 is 42.3 Å². The van der Waals surface area contributed by atoms with E-state index in [9.17, 15) is 0 Å². The van der Waals surface area contributed by atoms with Crippen LogP contribution in [0.3, 0.4) is 0 Å². The van der Waals surface area contributed by atoms with E-state index in [0.29, 0.717) is 5.56 Å². The van der Waals surface area contributed by atoms with Crippen LogP contribution in [0.5, 0.6) is 0 Å². The molecule has 0 aliphatic heterocycles. The summed E-state index contributed by atoms with van der Waals surface area (Å²) in [7, 11) is -11.1. The summed E-state index contributed by atoms with van der Waals surface area (Å²) >= 11 is 0. The first-order chi connectivity index (χ1) is 15.3. The summed E-state index contributed by atoms with van der Waals surface area (Å²) in [6.07, 6.45) is 0. The number of rotatable bonds is 10. The Hall–Kier alpha value is -1.15. The van der Waals surface area contributed by atoms with Crippen LogP contribution in [-0.2, 0) is 16.5 Å². The van der Waals surface area contributed by atoms with Crippen LogP contribution in [0.2, 0.25) is 72.0 Å². The molecule has 10 heteroatoms. The molecule has 0 saturated heterocycles. The summed E-state index contributed by atoms with van der Waals surface area (Å²) in [6.45, 7) is 23.7. The zero-order chi connectivity index (χ0) is 26.0. The highest BCUT2D eigenvalue weighted by Gasteiger charge is 2.45. The van der Waals surface area contributed by atoms with Crippen molar-refractivity contribution in [2.75, 3.05) is 0 Å².